The highest BCUT2D eigenvalue weighted by Gasteiger charge is 2.33. The van der Waals surface area contributed by atoms with Gasteiger partial charge in [0, 0.05) is 25.0 Å². The van der Waals surface area contributed by atoms with Gasteiger partial charge in [-0.25, -0.2) is 0 Å². The molecule has 0 bridgehead atoms. The first kappa shape index (κ1) is 41.0. The summed E-state index contributed by atoms with van der Waals surface area (Å²) in [5.74, 6) is -2.36. The van der Waals surface area contributed by atoms with Crippen LogP contribution in [0.25, 0.3) is 0 Å². The molecule has 2 aromatic rings. The Balaban J connectivity index is 2.17. The van der Waals surface area contributed by atoms with Crippen LogP contribution in [-0.2, 0) is 32.0 Å². The summed E-state index contributed by atoms with van der Waals surface area (Å²) in [5.41, 5.74) is 7.69. The van der Waals surface area contributed by atoms with Gasteiger partial charge in [0.25, 0.3) is 0 Å². The first-order chi connectivity index (χ1) is 23.0. The lowest BCUT2D eigenvalue weighted by atomic mass is 9.94. The molecule has 0 unspecified atom stereocenters. The number of nitrogens with one attached hydrogen (secondary N) is 4. The largest absolute Gasteiger partial charge is 0.573 e. The van der Waals surface area contributed by atoms with E-state index in [-0.39, 0.29) is 42.6 Å². The number of alkyl halides is 3. The zero-order valence-electron chi connectivity index (χ0n) is 29.2. The highest BCUT2D eigenvalue weighted by Crippen LogP contribution is 2.23. The SMILES string of the molecule is CC[C@H](C)[C@H](NC(=O)C[C@H](N)[C@H](Cc1ccccc1)NC(=O)[C@@H](NC(=O)Cc1cccc(OC(F)(F)F)c1)C(C)C)C(=O)NCCC(C)C. The second kappa shape index (κ2) is 19.8. The Morgan fingerprint density at radius 3 is 2.04 bits per heavy atom. The average molecular weight is 692 g/mol. The van der Waals surface area contributed by atoms with E-state index in [9.17, 15) is 32.3 Å². The van der Waals surface area contributed by atoms with Crippen LogP contribution in [-0.4, -0.2) is 60.7 Å². The maximum absolute atomic E-state index is 13.6. The van der Waals surface area contributed by atoms with Crippen molar-refractivity contribution in [3.8, 4) is 5.75 Å². The van der Waals surface area contributed by atoms with Crippen molar-refractivity contribution >= 4 is 23.6 Å². The Labute approximate surface area is 287 Å². The summed E-state index contributed by atoms with van der Waals surface area (Å²) in [7, 11) is 0. The highest BCUT2D eigenvalue weighted by molar-refractivity contribution is 5.89. The minimum absolute atomic E-state index is 0.130. The predicted molar refractivity (Wildman–Crippen MR) is 182 cm³/mol. The molecule has 0 fully saturated rings. The van der Waals surface area contributed by atoms with Crippen LogP contribution in [0.1, 0.15) is 71.9 Å². The van der Waals surface area contributed by atoms with Gasteiger partial charge in [0.1, 0.15) is 17.8 Å². The van der Waals surface area contributed by atoms with E-state index in [2.05, 4.69) is 39.9 Å². The summed E-state index contributed by atoms with van der Waals surface area (Å²) in [6.07, 6.45) is -3.59. The van der Waals surface area contributed by atoms with Crippen molar-refractivity contribution < 1.29 is 37.1 Å². The van der Waals surface area contributed by atoms with Crippen LogP contribution >= 0.6 is 0 Å². The molecule has 0 aliphatic heterocycles. The maximum Gasteiger partial charge on any atom is 0.573 e. The number of hydrogen-bond donors (Lipinski definition) is 5. The lowest BCUT2D eigenvalue weighted by Gasteiger charge is -2.30. The number of ether oxygens (including phenoxy) is 1. The fourth-order valence-electron chi connectivity index (χ4n) is 5.13. The number of hydrogen-bond acceptors (Lipinski definition) is 6. The number of nitrogens with two attached hydrogens (primary N) is 1. The minimum Gasteiger partial charge on any atom is -0.406 e. The first-order valence-electron chi connectivity index (χ1n) is 16.8. The quantitative estimate of drug-likeness (QED) is 0.147. The summed E-state index contributed by atoms with van der Waals surface area (Å²) in [6.45, 7) is 11.9. The van der Waals surface area contributed by atoms with Crippen molar-refractivity contribution in [2.24, 2.45) is 23.5 Å². The first-order valence-corrected chi connectivity index (χ1v) is 16.8. The van der Waals surface area contributed by atoms with Gasteiger partial charge in [-0.15, -0.1) is 13.2 Å². The van der Waals surface area contributed by atoms with Crippen LogP contribution in [0.5, 0.6) is 5.75 Å². The Bertz CT molecular complexity index is 1360. The summed E-state index contributed by atoms with van der Waals surface area (Å²) >= 11 is 0. The fraction of sp³-hybridized carbons (Fsp3) is 0.556. The van der Waals surface area contributed by atoms with Crippen molar-refractivity contribution in [3.63, 3.8) is 0 Å². The zero-order valence-corrected chi connectivity index (χ0v) is 29.2. The fourth-order valence-corrected chi connectivity index (χ4v) is 5.13. The number of rotatable bonds is 19. The van der Waals surface area contributed by atoms with Crippen LogP contribution in [0.15, 0.2) is 54.6 Å². The molecule has 0 spiro atoms. The molecule has 2 aromatic carbocycles. The van der Waals surface area contributed by atoms with E-state index in [4.69, 9.17) is 5.73 Å². The molecule has 5 atom stereocenters. The van der Waals surface area contributed by atoms with E-state index in [1.54, 1.807) is 13.8 Å². The average Bonchev–Trinajstić information content (AvgIpc) is 3.01. The summed E-state index contributed by atoms with van der Waals surface area (Å²) < 4.78 is 41.9. The van der Waals surface area contributed by atoms with Crippen LogP contribution in [0, 0.1) is 17.8 Å². The van der Waals surface area contributed by atoms with Crippen molar-refractivity contribution in [3.05, 3.63) is 65.7 Å². The second-order valence-corrected chi connectivity index (χ2v) is 13.2. The third kappa shape index (κ3) is 15.3. The molecule has 6 N–H and O–H groups in total. The molecule has 0 heterocycles. The molecule has 0 radical (unpaired) electrons. The van der Waals surface area contributed by atoms with Crippen LogP contribution in [0.4, 0.5) is 13.2 Å². The molecule has 0 aliphatic rings. The van der Waals surface area contributed by atoms with Gasteiger partial charge >= 0.3 is 6.36 Å². The molecular formula is C36H52F3N5O5. The highest BCUT2D eigenvalue weighted by atomic mass is 19.4. The Hall–Kier alpha value is -4.13. The third-order valence-corrected chi connectivity index (χ3v) is 8.16. The Morgan fingerprint density at radius 2 is 1.45 bits per heavy atom. The van der Waals surface area contributed by atoms with Gasteiger partial charge < -0.3 is 31.7 Å². The molecule has 49 heavy (non-hydrogen) atoms. The molecule has 0 aromatic heterocycles. The molecule has 10 nitrogen and oxygen atoms in total. The normalized spacial score (nSPS) is 14.7. The van der Waals surface area contributed by atoms with E-state index < -0.39 is 54.0 Å². The summed E-state index contributed by atoms with van der Waals surface area (Å²) in [5, 5.41) is 11.4. The summed E-state index contributed by atoms with van der Waals surface area (Å²) in [4.78, 5) is 52.8. The molecule has 4 amide bonds. The van der Waals surface area contributed by atoms with Gasteiger partial charge in [-0.1, -0.05) is 90.4 Å². The second-order valence-electron chi connectivity index (χ2n) is 13.2. The van der Waals surface area contributed by atoms with Crippen molar-refractivity contribution in [1.82, 2.24) is 21.3 Å². The van der Waals surface area contributed by atoms with Gasteiger partial charge in [0.05, 0.1) is 6.42 Å². The van der Waals surface area contributed by atoms with Gasteiger partial charge in [-0.05, 0) is 53.9 Å². The van der Waals surface area contributed by atoms with E-state index in [1.165, 1.54) is 12.1 Å². The van der Waals surface area contributed by atoms with E-state index >= 15 is 0 Å². The number of amides is 4. The Kier molecular flexibility index (Phi) is 16.6. The molecule has 0 aliphatic carbocycles. The predicted octanol–water partition coefficient (Wildman–Crippen LogP) is 4.41. The van der Waals surface area contributed by atoms with E-state index in [1.807, 2.05) is 44.2 Å². The number of benzene rings is 2. The number of carbonyl (C=O) groups excluding carboxylic acids is 4. The topological polar surface area (TPSA) is 152 Å². The van der Waals surface area contributed by atoms with Crippen LogP contribution in [0.2, 0.25) is 0 Å². The monoisotopic (exact) mass is 691 g/mol. The van der Waals surface area contributed by atoms with E-state index in [0.717, 1.165) is 24.1 Å². The maximum atomic E-state index is 13.6. The van der Waals surface area contributed by atoms with Gasteiger partial charge in [-0.3, -0.25) is 19.2 Å². The smallest absolute Gasteiger partial charge is 0.406 e. The van der Waals surface area contributed by atoms with Gasteiger partial charge in [0.15, 0.2) is 0 Å². The van der Waals surface area contributed by atoms with Gasteiger partial charge in [0.2, 0.25) is 23.6 Å². The number of carbonyl (C=O) groups is 4. The van der Waals surface area contributed by atoms with Crippen LogP contribution in [0.3, 0.4) is 0 Å². The Morgan fingerprint density at radius 1 is 0.816 bits per heavy atom. The van der Waals surface area contributed by atoms with Crippen molar-refractivity contribution in [1.29, 1.82) is 0 Å². The number of halogens is 3. The van der Waals surface area contributed by atoms with Gasteiger partial charge in [-0.2, -0.15) is 0 Å². The molecule has 2 rings (SSSR count). The van der Waals surface area contributed by atoms with E-state index in [0.29, 0.717) is 18.9 Å². The lowest BCUT2D eigenvalue weighted by molar-refractivity contribution is -0.274. The standard InChI is InChI=1S/C36H52F3N5O5/c1-7-24(6)33(34(47)41-17-16-22(2)3)44-31(46)21-28(40)29(19-25-12-9-8-10-13-25)42-35(48)32(23(4)5)43-30(45)20-26-14-11-15-27(18-26)49-36(37,38)39/h8-15,18,22-24,28-29,32-33H,7,16-17,19-21,40H2,1-6H3,(H,41,47)(H,42,48)(H,43,45)(H,44,46)/t24-,28-,29-,32-,33-/m0/s1. The third-order valence-electron chi connectivity index (χ3n) is 8.16. The van der Waals surface area contributed by atoms with Crippen molar-refractivity contribution in [2.45, 2.75) is 104 Å². The van der Waals surface area contributed by atoms with Crippen LogP contribution < -0.4 is 31.7 Å². The molecule has 0 saturated carbocycles. The molecule has 272 valence electrons. The molecule has 13 heteroatoms. The molecule has 0 saturated heterocycles. The summed E-state index contributed by atoms with van der Waals surface area (Å²) in [6, 6.07) is 11.0. The molecular weight excluding hydrogens is 639 g/mol. The minimum atomic E-state index is -4.88. The van der Waals surface area contributed by atoms with Crippen molar-refractivity contribution in [2.75, 3.05) is 6.54 Å². The zero-order chi connectivity index (χ0) is 36.7. The lowest BCUT2D eigenvalue weighted by Crippen LogP contribution is -2.58.